The van der Waals surface area contributed by atoms with E-state index >= 15 is 0 Å². The number of benzene rings is 1. The van der Waals surface area contributed by atoms with Crippen LogP contribution in [0, 0.1) is 0 Å². The maximum absolute atomic E-state index is 4.39. The molecule has 3 nitrogen and oxygen atoms in total. The molecular weight excluding hydrogens is 246 g/mol. The van der Waals surface area contributed by atoms with Gasteiger partial charge in [-0.2, -0.15) is 0 Å². The molecule has 0 spiro atoms. The molecule has 0 radical (unpaired) electrons. The Bertz CT molecular complexity index is 689. The lowest BCUT2D eigenvalue weighted by Gasteiger charge is -2.20. The highest BCUT2D eigenvalue weighted by molar-refractivity contribution is 5.85. The van der Waals surface area contributed by atoms with Gasteiger partial charge in [0.25, 0.3) is 0 Å². The monoisotopic (exact) mass is 263 g/mol. The van der Waals surface area contributed by atoms with Gasteiger partial charge in [-0.05, 0) is 35.2 Å². The van der Waals surface area contributed by atoms with E-state index in [1.54, 1.807) is 0 Å². The average Bonchev–Trinajstić information content (AvgIpc) is 2.53. The quantitative estimate of drug-likeness (QED) is 0.784. The third-order valence-corrected chi connectivity index (χ3v) is 3.46. The van der Waals surface area contributed by atoms with Crippen LogP contribution < -0.4 is 5.32 Å². The Morgan fingerprint density at radius 2 is 1.80 bits per heavy atom. The first kappa shape index (κ1) is 12.8. The molecule has 0 saturated heterocycles. The summed E-state index contributed by atoms with van der Waals surface area (Å²) in [6, 6.07) is 12.6. The average molecular weight is 263 g/mol. The highest BCUT2D eigenvalue weighted by atomic mass is 14.9. The summed E-state index contributed by atoms with van der Waals surface area (Å²) in [5.74, 6) is 0. The number of hydrogen-bond acceptors (Lipinski definition) is 3. The number of fused-ring (bicyclic) bond motifs is 1. The summed E-state index contributed by atoms with van der Waals surface area (Å²) < 4.78 is 0. The summed E-state index contributed by atoms with van der Waals surface area (Å²) in [4.78, 5) is 8.49. The van der Waals surface area contributed by atoms with Gasteiger partial charge in [-0.1, -0.05) is 31.2 Å². The molecule has 0 aliphatic carbocycles. The van der Waals surface area contributed by atoms with Crippen molar-refractivity contribution in [2.45, 2.75) is 13.0 Å². The maximum atomic E-state index is 4.39. The molecule has 2 heterocycles. The molecule has 3 aromatic rings. The topological polar surface area (TPSA) is 37.8 Å². The van der Waals surface area contributed by atoms with Crippen LogP contribution in [0.1, 0.15) is 24.1 Å². The number of hydrogen-bond donors (Lipinski definition) is 1. The van der Waals surface area contributed by atoms with Gasteiger partial charge in [0.15, 0.2) is 0 Å². The summed E-state index contributed by atoms with van der Waals surface area (Å²) in [7, 11) is 0. The zero-order valence-electron chi connectivity index (χ0n) is 11.5. The second-order valence-corrected chi connectivity index (χ2v) is 4.72. The molecule has 1 N–H and O–H groups in total. The maximum Gasteiger partial charge on any atom is 0.0599 e. The zero-order valence-corrected chi connectivity index (χ0v) is 11.5. The fourth-order valence-corrected chi connectivity index (χ4v) is 2.54. The molecule has 0 saturated carbocycles. The summed E-state index contributed by atoms with van der Waals surface area (Å²) in [6.07, 6.45) is 7.53. The smallest absolute Gasteiger partial charge is 0.0599 e. The van der Waals surface area contributed by atoms with Crippen LogP contribution >= 0.6 is 0 Å². The van der Waals surface area contributed by atoms with Gasteiger partial charge in [0.05, 0.1) is 6.04 Å². The molecule has 2 aromatic heterocycles. The molecule has 0 amide bonds. The predicted octanol–water partition coefficient (Wildman–Crippen LogP) is 3.33. The van der Waals surface area contributed by atoms with Crippen LogP contribution in [0.3, 0.4) is 0 Å². The molecule has 1 unspecified atom stereocenters. The van der Waals surface area contributed by atoms with Gasteiger partial charge in [-0.15, -0.1) is 0 Å². The van der Waals surface area contributed by atoms with E-state index in [0.29, 0.717) is 0 Å². The minimum Gasteiger partial charge on any atom is -0.306 e. The van der Waals surface area contributed by atoms with Crippen molar-refractivity contribution < 1.29 is 0 Å². The number of nitrogens with one attached hydrogen (secondary N) is 1. The first-order valence-corrected chi connectivity index (χ1v) is 6.86. The third kappa shape index (κ3) is 2.40. The molecule has 0 aliphatic rings. The van der Waals surface area contributed by atoms with Crippen molar-refractivity contribution in [3.63, 3.8) is 0 Å². The van der Waals surface area contributed by atoms with Gasteiger partial charge in [0, 0.05) is 30.2 Å². The Labute approximate surface area is 118 Å². The van der Waals surface area contributed by atoms with E-state index < -0.39 is 0 Å². The Morgan fingerprint density at radius 1 is 1.00 bits per heavy atom. The minimum absolute atomic E-state index is 0.140. The fourth-order valence-electron chi connectivity index (χ4n) is 2.54. The van der Waals surface area contributed by atoms with E-state index in [1.165, 1.54) is 21.9 Å². The Hall–Kier alpha value is -2.26. The third-order valence-electron chi connectivity index (χ3n) is 3.46. The number of pyridine rings is 2. The summed E-state index contributed by atoms with van der Waals surface area (Å²) >= 11 is 0. The highest BCUT2D eigenvalue weighted by Gasteiger charge is 2.15. The van der Waals surface area contributed by atoms with Crippen molar-refractivity contribution in [1.82, 2.24) is 15.3 Å². The number of nitrogens with zero attached hydrogens (tertiary/aromatic N) is 2. The summed E-state index contributed by atoms with van der Waals surface area (Å²) in [6.45, 7) is 3.02. The van der Waals surface area contributed by atoms with Crippen molar-refractivity contribution in [2.75, 3.05) is 6.54 Å². The van der Waals surface area contributed by atoms with Crippen LogP contribution in [0.2, 0.25) is 0 Å². The zero-order chi connectivity index (χ0) is 13.8. The first-order valence-electron chi connectivity index (χ1n) is 6.86. The van der Waals surface area contributed by atoms with Crippen LogP contribution in [0.15, 0.2) is 61.2 Å². The van der Waals surface area contributed by atoms with Gasteiger partial charge >= 0.3 is 0 Å². The molecule has 0 aliphatic heterocycles. The van der Waals surface area contributed by atoms with Crippen LogP contribution in [0.5, 0.6) is 0 Å². The first-order chi connectivity index (χ1) is 9.90. The fraction of sp³-hybridized carbons (Fsp3) is 0.176. The number of aromatic nitrogens is 2. The van der Waals surface area contributed by atoms with Crippen molar-refractivity contribution >= 4 is 10.8 Å². The Kier molecular flexibility index (Phi) is 3.70. The van der Waals surface area contributed by atoms with Crippen molar-refractivity contribution in [1.29, 1.82) is 0 Å². The van der Waals surface area contributed by atoms with Gasteiger partial charge in [0.2, 0.25) is 0 Å². The van der Waals surface area contributed by atoms with E-state index in [0.717, 1.165) is 6.54 Å². The standard InChI is InChI=1S/C17H17N3/c1-2-20-17(13-7-9-18-10-8-13)16-12-19-11-14-5-3-4-6-15(14)16/h3-12,17,20H,2H2,1H3. The molecule has 100 valence electrons. The SMILES string of the molecule is CCNC(c1ccncc1)c1cncc2ccccc12. The molecule has 0 fully saturated rings. The van der Waals surface area contributed by atoms with E-state index in [1.807, 2.05) is 30.9 Å². The molecule has 1 aromatic carbocycles. The summed E-state index contributed by atoms with van der Waals surface area (Å²) in [5.41, 5.74) is 2.41. The molecule has 3 heteroatoms. The van der Waals surface area contributed by atoms with Crippen LogP contribution in [0.25, 0.3) is 10.8 Å². The van der Waals surface area contributed by atoms with Crippen molar-refractivity contribution in [3.05, 3.63) is 72.3 Å². The van der Waals surface area contributed by atoms with Gasteiger partial charge in [-0.25, -0.2) is 0 Å². The van der Waals surface area contributed by atoms with Crippen LogP contribution in [0.4, 0.5) is 0 Å². The molecular formula is C17H17N3. The van der Waals surface area contributed by atoms with E-state index in [9.17, 15) is 0 Å². The van der Waals surface area contributed by atoms with Gasteiger partial charge in [-0.3, -0.25) is 9.97 Å². The number of rotatable bonds is 4. The Balaban J connectivity index is 2.15. The van der Waals surface area contributed by atoms with Crippen molar-refractivity contribution in [3.8, 4) is 0 Å². The predicted molar refractivity (Wildman–Crippen MR) is 81.5 cm³/mol. The van der Waals surface area contributed by atoms with Crippen LogP contribution in [-0.2, 0) is 0 Å². The highest BCUT2D eigenvalue weighted by Crippen LogP contribution is 2.27. The van der Waals surface area contributed by atoms with E-state index in [-0.39, 0.29) is 6.04 Å². The molecule has 0 bridgehead atoms. The molecule has 1 atom stereocenters. The molecule has 3 rings (SSSR count). The van der Waals surface area contributed by atoms with Crippen LogP contribution in [-0.4, -0.2) is 16.5 Å². The lowest BCUT2D eigenvalue weighted by Crippen LogP contribution is -2.22. The van der Waals surface area contributed by atoms with E-state index in [4.69, 9.17) is 0 Å². The lowest BCUT2D eigenvalue weighted by atomic mass is 9.96. The second kappa shape index (κ2) is 5.80. The lowest BCUT2D eigenvalue weighted by molar-refractivity contribution is 0.632. The van der Waals surface area contributed by atoms with Crippen molar-refractivity contribution in [2.24, 2.45) is 0 Å². The largest absolute Gasteiger partial charge is 0.306 e. The van der Waals surface area contributed by atoms with E-state index in [2.05, 4.69) is 52.5 Å². The van der Waals surface area contributed by atoms with Gasteiger partial charge in [0.1, 0.15) is 0 Å². The van der Waals surface area contributed by atoms with Gasteiger partial charge < -0.3 is 5.32 Å². The second-order valence-electron chi connectivity index (χ2n) is 4.72. The normalized spacial score (nSPS) is 12.4. The Morgan fingerprint density at radius 3 is 2.60 bits per heavy atom. The molecule has 20 heavy (non-hydrogen) atoms. The summed E-state index contributed by atoms with van der Waals surface area (Å²) in [5, 5.41) is 5.95. The minimum atomic E-state index is 0.140.